The van der Waals surface area contributed by atoms with Crippen LogP contribution < -0.4 is 5.32 Å². The Labute approximate surface area is 127 Å². The van der Waals surface area contributed by atoms with Gasteiger partial charge in [0.2, 0.25) is 0 Å². The van der Waals surface area contributed by atoms with E-state index in [9.17, 15) is 4.79 Å². The molecule has 116 valence electrons. The van der Waals surface area contributed by atoms with E-state index < -0.39 is 0 Å². The first kappa shape index (κ1) is 15.8. The standard InChI is InChI=1S/C17H26N2O2/c1-4-8-18-15-5-6-16(13(2)10-15)17(20)19-9-7-14(11-19)12-21-3/h5-6,10,14,18H,4,7-9,11-12H2,1-3H3. The maximum atomic E-state index is 12.6. The van der Waals surface area contributed by atoms with Crippen LogP contribution in [0.5, 0.6) is 0 Å². The van der Waals surface area contributed by atoms with Crippen molar-refractivity contribution in [2.45, 2.75) is 26.7 Å². The summed E-state index contributed by atoms with van der Waals surface area (Å²) in [5, 5.41) is 3.35. The number of nitrogens with one attached hydrogen (secondary N) is 1. The first-order valence-corrected chi connectivity index (χ1v) is 7.78. The highest BCUT2D eigenvalue weighted by Gasteiger charge is 2.27. The van der Waals surface area contributed by atoms with Gasteiger partial charge in [0.15, 0.2) is 0 Å². The summed E-state index contributed by atoms with van der Waals surface area (Å²) in [5.41, 5.74) is 2.94. The number of anilines is 1. The van der Waals surface area contributed by atoms with Crippen molar-refractivity contribution in [3.05, 3.63) is 29.3 Å². The number of aryl methyl sites for hydroxylation is 1. The van der Waals surface area contributed by atoms with Crippen LogP contribution in [-0.4, -0.2) is 44.2 Å². The Balaban J connectivity index is 2.02. The Bertz CT molecular complexity index is 488. The molecule has 1 N–H and O–H groups in total. The molecule has 21 heavy (non-hydrogen) atoms. The highest BCUT2D eigenvalue weighted by Crippen LogP contribution is 2.22. The molecule has 1 saturated heterocycles. The zero-order valence-electron chi connectivity index (χ0n) is 13.3. The third-order valence-electron chi connectivity index (χ3n) is 4.01. The molecule has 4 nitrogen and oxygen atoms in total. The van der Waals surface area contributed by atoms with E-state index in [-0.39, 0.29) is 5.91 Å². The molecule has 0 spiro atoms. The van der Waals surface area contributed by atoms with E-state index in [1.54, 1.807) is 7.11 Å². The molecule has 1 aliphatic rings. The van der Waals surface area contributed by atoms with E-state index in [0.29, 0.717) is 5.92 Å². The number of nitrogens with zero attached hydrogens (tertiary/aromatic N) is 1. The smallest absolute Gasteiger partial charge is 0.254 e. The number of carbonyl (C=O) groups excluding carboxylic acids is 1. The molecule has 0 aromatic heterocycles. The van der Waals surface area contributed by atoms with Gasteiger partial charge in [-0.15, -0.1) is 0 Å². The molecular weight excluding hydrogens is 264 g/mol. The van der Waals surface area contributed by atoms with Crippen molar-refractivity contribution in [1.29, 1.82) is 0 Å². The van der Waals surface area contributed by atoms with Crippen molar-refractivity contribution in [1.82, 2.24) is 4.90 Å². The van der Waals surface area contributed by atoms with Gasteiger partial charge < -0.3 is 15.0 Å². The molecule has 0 radical (unpaired) electrons. The first-order valence-electron chi connectivity index (χ1n) is 7.78. The predicted molar refractivity (Wildman–Crippen MR) is 85.8 cm³/mol. The van der Waals surface area contributed by atoms with E-state index in [4.69, 9.17) is 4.74 Å². The fourth-order valence-corrected chi connectivity index (χ4v) is 2.84. The molecular formula is C17H26N2O2. The summed E-state index contributed by atoms with van der Waals surface area (Å²) >= 11 is 0. The molecule has 1 aliphatic heterocycles. The Kier molecular flexibility index (Phi) is 5.62. The molecule has 0 bridgehead atoms. The molecule has 4 heteroatoms. The van der Waals surface area contributed by atoms with Gasteiger partial charge in [-0.1, -0.05) is 6.92 Å². The monoisotopic (exact) mass is 290 g/mol. The Hall–Kier alpha value is -1.55. The van der Waals surface area contributed by atoms with Gasteiger partial charge in [0, 0.05) is 43.9 Å². The largest absolute Gasteiger partial charge is 0.385 e. The van der Waals surface area contributed by atoms with Crippen molar-refractivity contribution in [2.75, 3.05) is 38.7 Å². The summed E-state index contributed by atoms with van der Waals surface area (Å²) in [5.74, 6) is 0.623. The summed E-state index contributed by atoms with van der Waals surface area (Å²) in [4.78, 5) is 14.6. The number of likely N-dealkylation sites (tertiary alicyclic amines) is 1. The first-order chi connectivity index (χ1) is 10.2. The molecule has 1 aromatic rings. The maximum absolute atomic E-state index is 12.6. The predicted octanol–water partition coefficient (Wildman–Crippen LogP) is 2.93. The zero-order valence-corrected chi connectivity index (χ0v) is 13.3. The summed E-state index contributed by atoms with van der Waals surface area (Å²) in [6, 6.07) is 6.00. The Morgan fingerprint density at radius 2 is 2.29 bits per heavy atom. The topological polar surface area (TPSA) is 41.6 Å². The van der Waals surface area contributed by atoms with Gasteiger partial charge in [0.05, 0.1) is 6.61 Å². The van der Waals surface area contributed by atoms with Crippen LogP contribution in [0.15, 0.2) is 18.2 Å². The minimum absolute atomic E-state index is 0.146. The lowest BCUT2D eigenvalue weighted by molar-refractivity contribution is 0.0775. The molecule has 1 amide bonds. The summed E-state index contributed by atoms with van der Waals surface area (Å²) < 4.78 is 5.19. The lowest BCUT2D eigenvalue weighted by atomic mass is 10.1. The Morgan fingerprint density at radius 3 is 2.95 bits per heavy atom. The molecule has 1 heterocycles. The molecule has 0 aliphatic carbocycles. The minimum atomic E-state index is 0.146. The van der Waals surface area contributed by atoms with E-state index in [2.05, 4.69) is 18.3 Å². The summed E-state index contributed by atoms with van der Waals surface area (Å²) in [6.45, 7) is 7.49. The number of benzene rings is 1. The average molecular weight is 290 g/mol. The fourth-order valence-electron chi connectivity index (χ4n) is 2.84. The average Bonchev–Trinajstić information content (AvgIpc) is 2.93. The van der Waals surface area contributed by atoms with Crippen molar-refractivity contribution in [3.8, 4) is 0 Å². The number of carbonyl (C=O) groups is 1. The van der Waals surface area contributed by atoms with Gasteiger partial charge in [-0.25, -0.2) is 0 Å². The third-order valence-corrected chi connectivity index (χ3v) is 4.01. The molecule has 1 unspecified atom stereocenters. The lowest BCUT2D eigenvalue weighted by Crippen LogP contribution is -2.29. The number of hydrogen-bond donors (Lipinski definition) is 1. The highest BCUT2D eigenvalue weighted by atomic mass is 16.5. The third kappa shape index (κ3) is 3.97. The molecule has 1 aromatic carbocycles. The number of amides is 1. The van der Waals surface area contributed by atoms with Gasteiger partial charge in [-0.3, -0.25) is 4.79 Å². The second-order valence-corrected chi connectivity index (χ2v) is 5.82. The van der Waals surface area contributed by atoms with Crippen LogP contribution in [0, 0.1) is 12.8 Å². The maximum Gasteiger partial charge on any atom is 0.254 e. The second-order valence-electron chi connectivity index (χ2n) is 5.82. The molecule has 1 fully saturated rings. The van der Waals surface area contributed by atoms with Gasteiger partial charge in [0.1, 0.15) is 0 Å². The van der Waals surface area contributed by atoms with Gasteiger partial charge in [-0.05, 0) is 43.5 Å². The number of methoxy groups -OCH3 is 1. The van der Waals surface area contributed by atoms with Crippen molar-refractivity contribution < 1.29 is 9.53 Å². The quantitative estimate of drug-likeness (QED) is 0.876. The summed E-state index contributed by atoms with van der Waals surface area (Å²) in [6.07, 6.45) is 2.13. The van der Waals surface area contributed by atoms with Gasteiger partial charge in [0.25, 0.3) is 5.91 Å². The van der Waals surface area contributed by atoms with Crippen LogP contribution in [-0.2, 0) is 4.74 Å². The molecule has 0 saturated carbocycles. The number of ether oxygens (including phenoxy) is 1. The van der Waals surface area contributed by atoms with Crippen molar-refractivity contribution >= 4 is 11.6 Å². The van der Waals surface area contributed by atoms with Crippen LogP contribution in [0.1, 0.15) is 35.7 Å². The van der Waals surface area contributed by atoms with E-state index in [1.807, 2.05) is 24.0 Å². The van der Waals surface area contributed by atoms with E-state index in [1.165, 1.54) is 0 Å². The van der Waals surface area contributed by atoms with E-state index in [0.717, 1.165) is 55.9 Å². The van der Waals surface area contributed by atoms with Crippen LogP contribution >= 0.6 is 0 Å². The van der Waals surface area contributed by atoms with Crippen molar-refractivity contribution in [2.24, 2.45) is 5.92 Å². The minimum Gasteiger partial charge on any atom is -0.385 e. The lowest BCUT2D eigenvalue weighted by Gasteiger charge is -2.18. The Morgan fingerprint density at radius 1 is 1.48 bits per heavy atom. The van der Waals surface area contributed by atoms with Gasteiger partial charge >= 0.3 is 0 Å². The highest BCUT2D eigenvalue weighted by molar-refractivity contribution is 5.96. The van der Waals surface area contributed by atoms with Crippen LogP contribution in [0.3, 0.4) is 0 Å². The summed E-state index contributed by atoms with van der Waals surface area (Å²) in [7, 11) is 1.72. The number of rotatable bonds is 6. The van der Waals surface area contributed by atoms with Crippen molar-refractivity contribution in [3.63, 3.8) is 0 Å². The van der Waals surface area contributed by atoms with Gasteiger partial charge in [-0.2, -0.15) is 0 Å². The SMILES string of the molecule is CCCNc1ccc(C(=O)N2CCC(COC)C2)c(C)c1. The zero-order chi connectivity index (χ0) is 15.2. The van der Waals surface area contributed by atoms with Crippen LogP contribution in [0.4, 0.5) is 5.69 Å². The molecule has 1 atom stereocenters. The van der Waals surface area contributed by atoms with Crippen LogP contribution in [0.25, 0.3) is 0 Å². The molecule has 2 rings (SSSR count). The second kappa shape index (κ2) is 7.46. The van der Waals surface area contributed by atoms with E-state index >= 15 is 0 Å². The van der Waals surface area contributed by atoms with Crippen LogP contribution in [0.2, 0.25) is 0 Å². The normalized spacial score (nSPS) is 18.0. The fraction of sp³-hybridized carbons (Fsp3) is 0.588. The number of hydrogen-bond acceptors (Lipinski definition) is 3.